The number of ether oxygens (including phenoxy) is 1. The molecule has 1 aliphatic heterocycles. The highest BCUT2D eigenvalue weighted by Gasteiger charge is 2.36. The predicted molar refractivity (Wildman–Crippen MR) is 94.4 cm³/mol. The third-order valence-electron chi connectivity index (χ3n) is 4.61. The van der Waals surface area contributed by atoms with Crippen molar-refractivity contribution in [3.63, 3.8) is 0 Å². The molecule has 27 heavy (non-hydrogen) atoms. The zero-order valence-corrected chi connectivity index (χ0v) is 14.4. The van der Waals surface area contributed by atoms with Gasteiger partial charge in [-0.15, -0.1) is 0 Å². The summed E-state index contributed by atoms with van der Waals surface area (Å²) in [7, 11) is 1.44. The van der Waals surface area contributed by atoms with Crippen molar-refractivity contribution in [2.45, 2.75) is 19.3 Å². The summed E-state index contributed by atoms with van der Waals surface area (Å²) >= 11 is 0. The summed E-state index contributed by atoms with van der Waals surface area (Å²) in [6, 6.07) is 5.92. The summed E-state index contributed by atoms with van der Waals surface area (Å²) in [6.45, 7) is 1.38. The molecule has 1 aromatic carbocycles. The van der Waals surface area contributed by atoms with E-state index in [4.69, 9.17) is 4.74 Å². The number of benzene rings is 1. The SMILES string of the molecule is COc1ncccc1Nc1cc(C(F)(F)F)c2c(O)n3c(c2c1)CNCC3. The van der Waals surface area contributed by atoms with Crippen molar-refractivity contribution in [1.82, 2.24) is 14.9 Å². The predicted octanol–water partition coefficient (Wildman–Crippen LogP) is 3.62. The van der Waals surface area contributed by atoms with Crippen LogP contribution in [0.4, 0.5) is 24.5 Å². The average Bonchev–Trinajstić information content (AvgIpc) is 2.94. The van der Waals surface area contributed by atoms with Crippen molar-refractivity contribution < 1.29 is 23.0 Å². The van der Waals surface area contributed by atoms with Crippen LogP contribution in [0.25, 0.3) is 10.8 Å². The molecule has 3 aromatic rings. The Morgan fingerprint density at radius 3 is 2.89 bits per heavy atom. The number of hydrogen-bond acceptors (Lipinski definition) is 5. The van der Waals surface area contributed by atoms with E-state index in [0.717, 1.165) is 6.07 Å². The molecule has 6 nitrogen and oxygen atoms in total. The minimum atomic E-state index is -4.61. The lowest BCUT2D eigenvalue weighted by Crippen LogP contribution is -2.27. The van der Waals surface area contributed by atoms with Crippen molar-refractivity contribution in [3.05, 3.63) is 41.7 Å². The number of methoxy groups -OCH3 is 1. The first-order valence-corrected chi connectivity index (χ1v) is 8.32. The molecule has 9 heteroatoms. The van der Waals surface area contributed by atoms with E-state index in [9.17, 15) is 18.3 Å². The van der Waals surface area contributed by atoms with Gasteiger partial charge in [-0.25, -0.2) is 4.98 Å². The summed E-state index contributed by atoms with van der Waals surface area (Å²) in [4.78, 5) is 4.04. The number of aromatic hydroxyl groups is 1. The quantitative estimate of drug-likeness (QED) is 0.649. The molecule has 0 amide bonds. The molecule has 0 saturated carbocycles. The van der Waals surface area contributed by atoms with Crippen LogP contribution in [-0.4, -0.2) is 28.3 Å². The third kappa shape index (κ3) is 2.93. The van der Waals surface area contributed by atoms with Crippen molar-refractivity contribution in [2.24, 2.45) is 0 Å². The lowest BCUT2D eigenvalue weighted by Gasteiger charge is -2.17. The van der Waals surface area contributed by atoms with E-state index in [1.807, 2.05) is 0 Å². The van der Waals surface area contributed by atoms with Crippen LogP contribution in [0.5, 0.6) is 11.8 Å². The molecule has 0 bridgehead atoms. The molecule has 142 valence electrons. The maximum atomic E-state index is 13.7. The van der Waals surface area contributed by atoms with Gasteiger partial charge < -0.3 is 25.0 Å². The Morgan fingerprint density at radius 1 is 1.33 bits per heavy atom. The van der Waals surface area contributed by atoms with Crippen LogP contribution in [-0.2, 0) is 19.3 Å². The van der Waals surface area contributed by atoms with Crippen LogP contribution in [0.2, 0.25) is 0 Å². The highest BCUT2D eigenvalue weighted by Crippen LogP contribution is 2.44. The van der Waals surface area contributed by atoms with Crippen LogP contribution in [0, 0.1) is 0 Å². The standard InChI is InChI=1S/C18H17F3N4O2/c1-27-16-13(3-2-4-23-16)24-10-7-11-14-9-22-5-6-25(14)17(26)15(11)12(8-10)18(19,20)21/h2-4,7-8,22,24,26H,5-6,9H2,1H3. The van der Waals surface area contributed by atoms with Crippen LogP contribution >= 0.6 is 0 Å². The number of alkyl halides is 3. The van der Waals surface area contributed by atoms with E-state index in [-0.39, 0.29) is 22.8 Å². The molecular weight excluding hydrogens is 361 g/mol. The highest BCUT2D eigenvalue weighted by atomic mass is 19.4. The normalized spacial score (nSPS) is 14.2. The van der Waals surface area contributed by atoms with Gasteiger partial charge in [-0.3, -0.25) is 0 Å². The average molecular weight is 378 g/mol. The number of aromatic nitrogens is 2. The number of nitrogens with one attached hydrogen (secondary N) is 2. The Balaban J connectivity index is 1.92. The molecule has 3 heterocycles. The summed E-state index contributed by atoms with van der Waals surface area (Å²) in [5.74, 6) is -0.0751. The summed E-state index contributed by atoms with van der Waals surface area (Å²) in [5, 5.41) is 16.7. The molecule has 0 fully saturated rings. The van der Waals surface area contributed by atoms with Crippen LogP contribution in [0.15, 0.2) is 30.5 Å². The second-order valence-electron chi connectivity index (χ2n) is 6.23. The topological polar surface area (TPSA) is 71.3 Å². The Bertz CT molecular complexity index is 1010. The van der Waals surface area contributed by atoms with Gasteiger partial charge in [-0.2, -0.15) is 13.2 Å². The molecule has 0 unspecified atom stereocenters. The van der Waals surface area contributed by atoms with Gasteiger partial charge in [0.15, 0.2) is 5.88 Å². The molecule has 0 spiro atoms. The number of nitrogens with zero attached hydrogens (tertiary/aromatic N) is 2. The second-order valence-corrected chi connectivity index (χ2v) is 6.23. The molecule has 4 rings (SSSR count). The molecule has 0 radical (unpaired) electrons. The van der Waals surface area contributed by atoms with Crippen molar-refractivity contribution >= 4 is 22.1 Å². The lowest BCUT2D eigenvalue weighted by molar-refractivity contribution is -0.136. The van der Waals surface area contributed by atoms with Gasteiger partial charge in [0.05, 0.1) is 18.1 Å². The zero-order valence-electron chi connectivity index (χ0n) is 14.4. The van der Waals surface area contributed by atoms with Gasteiger partial charge >= 0.3 is 6.18 Å². The molecule has 0 atom stereocenters. The Labute approximate surface area is 152 Å². The number of halogens is 3. The van der Waals surface area contributed by atoms with Crippen molar-refractivity contribution in [3.8, 4) is 11.8 Å². The number of rotatable bonds is 3. The van der Waals surface area contributed by atoms with E-state index in [1.165, 1.54) is 17.9 Å². The molecular formula is C18H17F3N4O2. The van der Waals surface area contributed by atoms with E-state index in [0.29, 0.717) is 36.4 Å². The molecule has 0 aliphatic carbocycles. The number of pyridine rings is 1. The first kappa shape index (κ1) is 17.5. The van der Waals surface area contributed by atoms with E-state index in [2.05, 4.69) is 15.6 Å². The van der Waals surface area contributed by atoms with Crippen molar-refractivity contribution in [1.29, 1.82) is 0 Å². The van der Waals surface area contributed by atoms with Gasteiger partial charge in [0.25, 0.3) is 0 Å². The van der Waals surface area contributed by atoms with Gasteiger partial charge in [-0.1, -0.05) is 0 Å². The first-order valence-electron chi connectivity index (χ1n) is 8.32. The summed E-state index contributed by atoms with van der Waals surface area (Å²) in [6.07, 6.45) is -3.08. The smallest absolute Gasteiger partial charge is 0.417 e. The van der Waals surface area contributed by atoms with E-state index < -0.39 is 11.7 Å². The minimum Gasteiger partial charge on any atom is -0.494 e. The molecule has 1 aliphatic rings. The zero-order chi connectivity index (χ0) is 19.2. The fourth-order valence-corrected chi connectivity index (χ4v) is 3.45. The molecule has 0 saturated heterocycles. The fraction of sp³-hybridized carbons (Fsp3) is 0.278. The monoisotopic (exact) mass is 378 g/mol. The highest BCUT2D eigenvalue weighted by molar-refractivity contribution is 5.97. The number of anilines is 2. The lowest BCUT2D eigenvalue weighted by atomic mass is 10.0. The summed E-state index contributed by atoms with van der Waals surface area (Å²) in [5.41, 5.74) is 0.425. The minimum absolute atomic E-state index is 0.176. The largest absolute Gasteiger partial charge is 0.494 e. The summed E-state index contributed by atoms with van der Waals surface area (Å²) < 4.78 is 47.9. The van der Waals surface area contributed by atoms with Crippen LogP contribution in [0.3, 0.4) is 0 Å². The maximum absolute atomic E-state index is 13.7. The van der Waals surface area contributed by atoms with Gasteiger partial charge in [0.2, 0.25) is 5.88 Å². The maximum Gasteiger partial charge on any atom is 0.417 e. The van der Waals surface area contributed by atoms with Crippen molar-refractivity contribution in [2.75, 3.05) is 19.0 Å². The van der Waals surface area contributed by atoms with Crippen LogP contribution < -0.4 is 15.4 Å². The number of hydrogen-bond donors (Lipinski definition) is 3. The van der Waals surface area contributed by atoms with Gasteiger partial charge in [0.1, 0.15) is 5.69 Å². The molecule has 2 aromatic heterocycles. The van der Waals surface area contributed by atoms with Crippen LogP contribution in [0.1, 0.15) is 11.3 Å². The van der Waals surface area contributed by atoms with Gasteiger partial charge in [0, 0.05) is 42.6 Å². The van der Waals surface area contributed by atoms with E-state index in [1.54, 1.807) is 18.2 Å². The Hall–Kier alpha value is -2.94. The fourth-order valence-electron chi connectivity index (χ4n) is 3.45. The third-order valence-corrected chi connectivity index (χ3v) is 4.61. The van der Waals surface area contributed by atoms with E-state index >= 15 is 0 Å². The number of fused-ring (bicyclic) bond motifs is 3. The molecule has 3 N–H and O–H groups in total. The van der Waals surface area contributed by atoms with Gasteiger partial charge in [-0.05, 0) is 24.3 Å². The Morgan fingerprint density at radius 2 is 2.15 bits per heavy atom. The second kappa shape index (κ2) is 6.34. The Kier molecular flexibility index (Phi) is 4.11. The first-order chi connectivity index (χ1) is 12.9.